The number of carbonyl (C=O) groups is 2. The van der Waals surface area contributed by atoms with Crippen molar-refractivity contribution in [3.8, 4) is 0 Å². The smallest absolute Gasteiger partial charge is 0.267 e. The predicted octanol–water partition coefficient (Wildman–Crippen LogP) is 2.98. The molecule has 0 atom stereocenters. The van der Waals surface area contributed by atoms with Crippen LogP contribution in [-0.4, -0.2) is 21.9 Å². The number of benzene rings is 2. The van der Waals surface area contributed by atoms with Gasteiger partial charge < -0.3 is 0 Å². The molecule has 2 aromatic carbocycles. The van der Waals surface area contributed by atoms with Crippen LogP contribution in [-0.2, 0) is 4.79 Å². The van der Waals surface area contributed by atoms with Crippen molar-refractivity contribution in [3.05, 3.63) is 83.6 Å². The van der Waals surface area contributed by atoms with E-state index in [4.69, 9.17) is 5.21 Å². The number of nitrogens with zero attached hydrogens (tertiary/aromatic N) is 1. The molecule has 0 bridgehead atoms. The maximum atomic E-state index is 12.6. The first-order chi connectivity index (χ1) is 11.7. The molecule has 0 aliphatic heterocycles. The van der Waals surface area contributed by atoms with Crippen molar-refractivity contribution in [1.82, 2.24) is 10.5 Å². The Balaban J connectivity index is 1.91. The highest BCUT2D eigenvalue weighted by molar-refractivity contribution is 6.09. The Bertz CT molecular complexity index is 948. The van der Waals surface area contributed by atoms with Crippen molar-refractivity contribution >= 4 is 28.7 Å². The number of carbonyl (C=O) groups excluding carboxylic acids is 2. The number of rotatable bonds is 4. The molecule has 3 rings (SSSR count). The van der Waals surface area contributed by atoms with Crippen LogP contribution in [0.25, 0.3) is 17.0 Å². The highest BCUT2D eigenvalue weighted by Gasteiger charge is 2.11. The summed E-state index contributed by atoms with van der Waals surface area (Å²) < 4.78 is 0. The third-order valence-corrected chi connectivity index (χ3v) is 3.52. The van der Waals surface area contributed by atoms with Crippen molar-refractivity contribution in [1.29, 1.82) is 0 Å². The summed E-state index contributed by atoms with van der Waals surface area (Å²) in [5.74, 6) is -0.828. The van der Waals surface area contributed by atoms with Crippen LogP contribution in [0, 0.1) is 0 Å². The maximum Gasteiger partial charge on any atom is 0.267 e. The minimum absolute atomic E-state index is 0.192. The summed E-state index contributed by atoms with van der Waals surface area (Å²) in [7, 11) is 0. The van der Waals surface area contributed by atoms with Crippen LogP contribution in [0.4, 0.5) is 0 Å². The Morgan fingerprint density at radius 1 is 1.00 bits per heavy atom. The molecule has 0 unspecified atom stereocenters. The number of fused-ring (bicyclic) bond motifs is 1. The molecule has 0 aliphatic carbocycles. The first kappa shape index (κ1) is 15.6. The molecule has 3 aromatic rings. The quantitative estimate of drug-likeness (QED) is 0.335. The molecule has 0 aliphatic rings. The van der Waals surface area contributed by atoms with Gasteiger partial charge in [0.05, 0.1) is 5.52 Å². The fourth-order valence-corrected chi connectivity index (χ4v) is 2.33. The van der Waals surface area contributed by atoms with Gasteiger partial charge in [-0.05, 0) is 29.8 Å². The fraction of sp³-hybridized carbons (Fsp3) is 0. The lowest BCUT2D eigenvalue weighted by Crippen LogP contribution is -2.14. The second kappa shape index (κ2) is 6.85. The SMILES string of the molecule is O=C(/C=C/c1cccc(C(=O)c2ccc3ccccc3n2)c1)NO. The Labute approximate surface area is 138 Å². The van der Waals surface area contributed by atoms with Crippen LogP contribution in [0.2, 0.25) is 0 Å². The van der Waals surface area contributed by atoms with E-state index in [0.717, 1.165) is 10.9 Å². The normalized spacial score (nSPS) is 10.9. The van der Waals surface area contributed by atoms with E-state index < -0.39 is 5.91 Å². The minimum Gasteiger partial charge on any atom is -0.288 e. The third kappa shape index (κ3) is 3.37. The molecule has 0 saturated heterocycles. The number of aromatic nitrogens is 1. The summed E-state index contributed by atoms with van der Waals surface area (Å²) in [6, 6.07) is 18.0. The molecule has 0 fully saturated rings. The topological polar surface area (TPSA) is 79.3 Å². The van der Waals surface area contributed by atoms with Crippen molar-refractivity contribution in [2.75, 3.05) is 0 Å². The van der Waals surface area contributed by atoms with Gasteiger partial charge in [0.15, 0.2) is 0 Å². The Hall–Kier alpha value is -3.31. The van der Waals surface area contributed by atoms with Crippen LogP contribution in [0.15, 0.2) is 66.7 Å². The summed E-state index contributed by atoms with van der Waals surface area (Å²) in [6.07, 6.45) is 2.69. The van der Waals surface area contributed by atoms with Crippen LogP contribution < -0.4 is 5.48 Å². The largest absolute Gasteiger partial charge is 0.288 e. The Morgan fingerprint density at radius 3 is 2.67 bits per heavy atom. The van der Waals surface area contributed by atoms with Gasteiger partial charge in [0.2, 0.25) is 5.78 Å². The Kier molecular flexibility index (Phi) is 4.45. The first-order valence-corrected chi connectivity index (χ1v) is 7.30. The summed E-state index contributed by atoms with van der Waals surface area (Å²) in [6.45, 7) is 0. The van der Waals surface area contributed by atoms with Gasteiger partial charge in [0.25, 0.3) is 5.91 Å². The number of para-hydroxylation sites is 1. The van der Waals surface area contributed by atoms with Crippen LogP contribution in [0.5, 0.6) is 0 Å². The van der Waals surface area contributed by atoms with Crippen molar-refractivity contribution in [2.24, 2.45) is 0 Å². The van der Waals surface area contributed by atoms with Gasteiger partial charge in [0.1, 0.15) is 5.69 Å². The molecule has 1 aromatic heterocycles. The molecular formula is C19H14N2O3. The van der Waals surface area contributed by atoms with E-state index in [0.29, 0.717) is 16.8 Å². The van der Waals surface area contributed by atoms with Crippen molar-refractivity contribution in [2.45, 2.75) is 0 Å². The molecule has 1 amide bonds. The molecular weight excluding hydrogens is 304 g/mol. The van der Waals surface area contributed by atoms with Gasteiger partial charge in [0, 0.05) is 17.0 Å². The van der Waals surface area contributed by atoms with Crippen LogP contribution >= 0.6 is 0 Å². The molecule has 5 heteroatoms. The van der Waals surface area contributed by atoms with Gasteiger partial charge in [-0.25, -0.2) is 10.5 Å². The standard InChI is InChI=1S/C19H14N2O3/c22-18(21-24)11-8-13-4-3-6-15(12-13)19(23)17-10-9-14-5-1-2-7-16(14)20-17/h1-12,24H,(H,21,22)/b11-8+. The fourth-order valence-electron chi connectivity index (χ4n) is 2.33. The Morgan fingerprint density at radius 2 is 1.83 bits per heavy atom. The monoisotopic (exact) mass is 318 g/mol. The van der Waals surface area contributed by atoms with E-state index in [1.165, 1.54) is 17.6 Å². The van der Waals surface area contributed by atoms with E-state index in [1.807, 2.05) is 30.3 Å². The maximum absolute atomic E-state index is 12.6. The average molecular weight is 318 g/mol. The average Bonchev–Trinajstić information content (AvgIpc) is 2.65. The highest BCUT2D eigenvalue weighted by atomic mass is 16.5. The third-order valence-electron chi connectivity index (χ3n) is 3.52. The van der Waals surface area contributed by atoms with Gasteiger partial charge in [-0.15, -0.1) is 0 Å². The molecule has 1 heterocycles. The molecule has 24 heavy (non-hydrogen) atoms. The van der Waals surface area contributed by atoms with E-state index in [2.05, 4.69) is 4.98 Å². The molecule has 0 radical (unpaired) electrons. The van der Waals surface area contributed by atoms with Crippen LogP contribution in [0.3, 0.4) is 0 Å². The zero-order chi connectivity index (χ0) is 16.9. The summed E-state index contributed by atoms with van der Waals surface area (Å²) >= 11 is 0. The lowest BCUT2D eigenvalue weighted by atomic mass is 10.0. The lowest BCUT2D eigenvalue weighted by molar-refractivity contribution is -0.124. The number of pyridine rings is 1. The lowest BCUT2D eigenvalue weighted by Gasteiger charge is -2.04. The van der Waals surface area contributed by atoms with Gasteiger partial charge in [-0.3, -0.25) is 14.8 Å². The minimum atomic E-state index is -0.636. The molecule has 118 valence electrons. The second-order valence-electron chi connectivity index (χ2n) is 5.15. The number of hydrogen-bond acceptors (Lipinski definition) is 4. The number of hydrogen-bond donors (Lipinski definition) is 2. The van der Waals surface area contributed by atoms with Crippen molar-refractivity contribution < 1.29 is 14.8 Å². The number of hydroxylamine groups is 1. The van der Waals surface area contributed by atoms with Gasteiger partial charge in [-0.1, -0.05) is 42.5 Å². The molecule has 0 spiro atoms. The number of ketones is 1. The highest BCUT2D eigenvalue weighted by Crippen LogP contribution is 2.16. The van der Waals surface area contributed by atoms with E-state index in [-0.39, 0.29) is 5.78 Å². The molecule has 5 nitrogen and oxygen atoms in total. The number of nitrogens with one attached hydrogen (secondary N) is 1. The summed E-state index contributed by atoms with van der Waals surface area (Å²) in [5, 5.41) is 9.45. The molecule has 2 N–H and O–H groups in total. The van der Waals surface area contributed by atoms with Gasteiger partial charge >= 0.3 is 0 Å². The zero-order valence-corrected chi connectivity index (χ0v) is 12.6. The first-order valence-electron chi connectivity index (χ1n) is 7.30. The van der Waals surface area contributed by atoms with Crippen LogP contribution in [0.1, 0.15) is 21.6 Å². The number of amides is 1. The van der Waals surface area contributed by atoms with E-state index in [9.17, 15) is 9.59 Å². The molecule has 0 saturated carbocycles. The predicted molar refractivity (Wildman–Crippen MR) is 90.6 cm³/mol. The van der Waals surface area contributed by atoms with Gasteiger partial charge in [-0.2, -0.15) is 0 Å². The summed E-state index contributed by atoms with van der Waals surface area (Å²) in [4.78, 5) is 28.1. The van der Waals surface area contributed by atoms with E-state index >= 15 is 0 Å². The van der Waals surface area contributed by atoms with E-state index in [1.54, 1.807) is 30.3 Å². The summed E-state index contributed by atoms with van der Waals surface area (Å²) in [5.41, 5.74) is 3.79. The zero-order valence-electron chi connectivity index (χ0n) is 12.6. The second-order valence-corrected chi connectivity index (χ2v) is 5.15. The van der Waals surface area contributed by atoms with Crippen molar-refractivity contribution in [3.63, 3.8) is 0 Å².